The molecule has 0 heterocycles. The summed E-state index contributed by atoms with van der Waals surface area (Å²) in [6, 6.07) is 32.5. The maximum Gasteiger partial charge on any atom is 0.185 e. The Bertz CT molecular complexity index is 1420. The second-order valence-electron chi connectivity index (χ2n) is 10.6. The van der Waals surface area contributed by atoms with Crippen molar-refractivity contribution in [3.8, 4) is 23.0 Å². The van der Waals surface area contributed by atoms with Crippen molar-refractivity contribution in [1.29, 1.82) is 0 Å². The molecule has 41 heavy (non-hydrogen) atoms. The molecule has 0 saturated heterocycles. The van der Waals surface area contributed by atoms with Crippen LogP contribution in [0.5, 0.6) is 23.0 Å². The summed E-state index contributed by atoms with van der Waals surface area (Å²) >= 11 is 0. The zero-order valence-electron chi connectivity index (χ0n) is 25.0. The smallest absolute Gasteiger partial charge is 0.185 e. The Kier molecular flexibility index (Phi) is 10.2. The third-order valence-electron chi connectivity index (χ3n) is 6.95. The SMILES string of the molecule is CCOC(C)=Nc1cccc(Oc2ccc(C(C)(C)c3ccc(Oc4cccc(CC(C)OCC)c4)cc3)cc2)c1. The summed E-state index contributed by atoms with van der Waals surface area (Å²) in [5, 5.41) is 0. The van der Waals surface area contributed by atoms with Crippen LogP contribution in [0.1, 0.15) is 58.2 Å². The van der Waals surface area contributed by atoms with Crippen LogP contribution in [0.25, 0.3) is 0 Å². The Labute approximate surface area is 244 Å². The van der Waals surface area contributed by atoms with Crippen LogP contribution < -0.4 is 9.47 Å². The monoisotopic (exact) mass is 551 g/mol. The van der Waals surface area contributed by atoms with Gasteiger partial charge in [-0.1, -0.05) is 56.3 Å². The highest BCUT2D eigenvalue weighted by Gasteiger charge is 2.23. The van der Waals surface area contributed by atoms with E-state index in [1.807, 2.05) is 81.4 Å². The van der Waals surface area contributed by atoms with E-state index < -0.39 is 0 Å². The molecule has 214 valence electrons. The normalized spacial score (nSPS) is 12.6. The summed E-state index contributed by atoms with van der Waals surface area (Å²) in [5.74, 6) is 3.77. The molecule has 5 heteroatoms. The van der Waals surface area contributed by atoms with Crippen molar-refractivity contribution in [1.82, 2.24) is 0 Å². The average molecular weight is 552 g/mol. The molecule has 0 spiro atoms. The minimum atomic E-state index is -0.197. The minimum Gasteiger partial charge on any atom is -0.481 e. The first-order chi connectivity index (χ1) is 19.8. The first kappa shape index (κ1) is 29.9. The molecule has 5 nitrogen and oxygen atoms in total. The minimum absolute atomic E-state index is 0.179. The maximum atomic E-state index is 6.18. The molecule has 0 aromatic heterocycles. The Morgan fingerprint density at radius 2 is 1.27 bits per heavy atom. The molecule has 0 aliphatic rings. The molecule has 4 aromatic rings. The molecule has 0 aliphatic carbocycles. The van der Waals surface area contributed by atoms with Crippen LogP contribution in [0.3, 0.4) is 0 Å². The second kappa shape index (κ2) is 14.0. The predicted octanol–water partition coefficient (Wildman–Crippen LogP) is 9.65. The van der Waals surface area contributed by atoms with Gasteiger partial charge in [0, 0.05) is 25.0 Å². The fraction of sp³-hybridized carbons (Fsp3) is 0.306. The highest BCUT2D eigenvalue weighted by Crippen LogP contribution is 2.35. The van der Waals surface area contributed by atoms with Crippen LogP contribution in [0.2, 0.25) is 0 Å². The molecule has 4 aromatic carbocycles. The van der Waals surface area contributed by atoms with Gasteiger partial charge in [-0.15, -0.1) is 0 Å². The lowest BCUT2D eigenvalue weighted by Gasteiger charge is -2.26. The van der Waals surface area contributed by atoms with E-state index in [4.69, 9.17) is 18.9 Å². The van der Waals surface area contributed by atoms with Crippen LogP contribution in [-0.4, -0.2) is 25.2 Å². The van der Waals surface area contributed by atoms with E-state index in [0.717, 1.165) is 41.7 Å². The summed E-state index contributed by atoms with van der Waals surface area (Å²) in [6.07, 6.45) is 1.04. The van der Waals surface area contributed by atoms with Crippen molar-refractivity contribution in [3.63, 3.8) is 0 Å². The second-order valence-corrected chi connectivity index (χ2v) is 10.6. The average Bonchev–Trinajstić information content (AvgIpc) is 2.94. The molecule has 0 aliphatic heterocycles. The number of hydrogen-bond donors (Lipinski definition) is 0. The Hall–Kier alpha value is -4.09. The zero-order valence-corrected chi connectivity index (χ0v) is 25.0. The van der Waals surface area contributed by atoms with Gasteiger partial charge in [0.05, 0.1) is 18.4 Å². The van der Waals surface area contributed by atoms with E-state index in [-0.39, 0.29) is 11.5 Å². The number of benzene rings is 4. The Morgan fingerprint density at radius 1 is 0.707 bits per heavy atom. The van der Waals surface area contributed by atoms with Gasteiger partial charge in [0.2, 0.25) is 0 Å². The fourth-order valence-electron chi connectivity index (χ4n) is 4.77. The van der Waals surface area contributed by atoms with E-state index in [0.29, 0.717) is 12.5 Å². The van der Waals surface area contributed by atoms with Gasteiger partial charge in [-0.25, -0.2) is 4.99 Å². The number of hydrogen-bond acceptors (Lipinski definition) is 5. The fourth-order valence-corrected chi connectivity index (χ4v) is 4.77. The van der Waals surface area contributed by atoms with Gasteiger partial charge in [0.15, 0.2) is 5.90 Å². The van der Waals surface area contributed by atoms with Gasteiger partial charge in [-0.2, -0.15) is 0 Å². The van der Waals surface area contributed by atoms with Crippen LogP contribution >= 0.6 is 0 Å². The lowest BCUT2D eigenvalue weighted by atomic mass is 9.78. The molecule has 0 saturated carbocycles. The van der Waals surface area contributed by atoms with Gasteiger partial charge in [0.25, 0.3) is 0 Å². The molecular formula is C36H41NO4. The van der Waals surface area contributed by atoms with E-state index >= 15 is 0 Å². The van der Waals surface area contributed by atoms with Crippen molar-refractivity contribution in [2.75, 3.05) is 13.2 Å². The van der Waals surface area contributed by atoms with Gasteiger partial charge >= 0.3 is 0 Å². The number of nitrogens with zero attached hydrogens (tertiary/aromatic N) is 1. The molecule has 0 bridgehead atoms. The van der Waals surface area contributed by atoms with E-state index in [2.05, 4.69) is 62.2 Å². The first-order valence-electron chi connectivity index (χ1n) is 14.3. The lowest BCUT2D eigenvalue weighted by Crippen LogP contribution is -2.18. The van der Waals surface area contributed by atoms with Gasteiger partial charge < -0.3 is 18.9 Å². The number of aliphatic imine (C=N–C) groups is 1. The highest BCUT2D eigenvalue weighted by molar-refractivity contribution is 5.76. The molecular weight excluding hydrogens is 510 g/mol. The molecule has 4 rings (SSSR count). The summed E-state index contributed by atoms with van der Waals surface area (Å²) < 4.78 is 23.4. The van der Waals surface area contributed by atoms with E-state index in [1.54, 1.807) is 0 Å². The van der Waals surface area contributed by atoms with Crippen LogP contribution in [0.15, 0.2) is 102 Å². The Balaban J connectivity index is 1.41. The van der Waals surface area contributed by atoms with Gasteiger partial charge in [-0.3, -0.25) is 0 Å². The van der Waals surface area contributed by atoms with Crippen molar-refractivity contribution >= 4 is 11.6 Å². The number of ether oxygens (including phenoxy) is 4. The summed E-state index contributed by atoms with van der Waals surface area (Å²) in [7, 11) is 0. The topological polar surface area (TPSA) is 49.3 Å². The summed E-state index contributed by atoms with van der Waals surface area (Å²) in [5.41, 5.74) is 4.19. The van der Waals surface area contributed by atoms with Crippen molar-refractivity contribution in [3.05, 3.63) is 114 Å². The van der Waals surface area contributed by atoms with E-state index in [1.165, 1.54) is 16.7 Å². The first-order valence-corrected chi connectivity index (χ1v) is 14.3. The standard InChI is InChI=1S/C36H41NO4/c1-7-38-26(3)23-28-11-9-13-34(24-28)40-32-19-15-29(16-20-32)36(5,6)30-17-21-33(22-18-30)41-35-14-10-12-31(25-35)37-27(4)39-8-2/h9-22,24-26H,7-8,23H2,1-6H3. The van der Waals surface area contributed by atoms with Crippen molar-refractivity contribution in [2.24, 2.45) is 4.99 Å². The van der Waals surface area contributed by atoms with Gasteiger partial charge in [-0.05, 0) is 92.4 Å². The molecule has 0 amide bonds. The molecule has 0 N–H and O–H groups in total. The van der Waals surface area contributed by atoms with Crippen LogP contribution in [-0.2, 0) is 21.3 Å². The van der Waals surface area contributed by atoms with Gasteiger partial charge in [0.1, 0.15) is 23.0 Å². The Morgan fingerprint density at radius 3 is 1.83 bits per heavy atom. The van der Waals surface area contributed by atoms with Crippen molar-refractivity contribution in [2.45, 2.75) is 59.5 Å². The highest BCUT2D eigenvalue weighted by atomic mass is 16.5. The van der Waals surface area contributed by atoms with Crippen LogP contribution in [0.4, 0.5) is 5.69 Å². The number of rotatable bonds is 12. The third-order valence-corrected chi connectivity index (χ3v) is 6.95. The summed E-state index contributed by atoms with van der Waals surface area (Å²) in [6.45, 7) is 13.7. The van der Waals surface area contributed by atoms with E-state index in [9.17, 15) is 0 Å². The largest absolute Gasteiger partial charge is 0.481 e. The summed E-state index contributed by atoms with van der Waals surface area (Å²) in [4.78, 5) is 4.48. The molecule has 0 fully saturated rings. The maximum absolute atomic E-state index is 6.18. The molecule has 0 radical (unpaired) electrons. The quantitative estimate of drug-likeness (QED) is 0.130. The zero-order chi connectivity index (χ0) is 29.2. The third kappa shape index (κ3) is 8.45. The lowest BCUT2D eigenvalue weighted by molar-refractivity contribution is 0.0768. The molecule has 1 unspecified atom stereocenters. The van der Waals surface area contributed by atoms with Crippen LogP contribution in [0, 0.1) is 0 Å². The van der Waals surface area contributed by atoms with Crippen molar-refractivity contribution < 1.29 is 18.9 Å². The molecule has 1 atom stereocenters. The predicted molar refractivity (Wildman–Crippen MR) is 167 cm³/mol.